The summed E-state index contributed by atoms with van der Waals surface area (Å²) in [7, 11) is 0. The van der Waals surface area contributed by atoms with Crippen LogP contribution < -0.4 is 0 Å². The number of hydrogen-bond donors (Lipinski definition) is 0. The first kappa shape index (κ1) is 10.6. The Bertz CT molecular complexity index is 350. The predicted octanol–water partition coefficient (Wildman–Crippen LogP) is 3.57. The number of terminal acetylenes is 1. The molecule has 0 aliphatic rings. The van der Waals surface area contributed by atoms with Crippen LogP contribution in [0, 0.1) is 15.9 Å². The second kappa shape index (κ2) is 3.71. The summed E-state index contributed by atoms with van der Waals surface area (Å²) in [5, 5.41) is 0. The van der Waals surface area contributed by atoms with Crippen molar-refractivity contribution >= 4 is 22.6 Å². The number of rotatable bonds is 0. The van der Waals surface area contributed by atoms with E-state index >= 15 is 0 Å². The van der Waals surface area contributed by atoms with Crippen LogP contribution in [0.15, 0.2) is 18.2 Å². The van der Waals surface area contributed by atoms with Crippen LogP contribution in [-0.4, -0.2) is 0 Å². The van der Waals surface area contributed by atoms with Crippen molar-refractivity contribution in [3.8, 4) is 12.3 Å². The van der Waals surface area contributed by atoms with E-state index < -0.39 is 0 Å². The van der Waals surface area contributed by atoms with E-state index in [2.05, 4.69) is 61.4 Å². The average molecular weight is 284 g/mol. The summed E-state index contributed by atoms with van der Waals surface area (Å²) in [5.74, 6) is 2.68. The van der Waals surface area contributed by atoms with Crippen LogP contribution in [0.5, 0.6) is 0 Å². The Morgan fingerprint density at radius 1 is 1.23 bits per heavy atom. The highest BCUT2D eigenvalue weighted by atomic mass is 127. The van der Waals surface area contributed by atoms with Gasteiger partial charge in [-0.1, -0.05) is 26.7 Å². The van der Waals surface area contributed by atoms with Gasteiger partial charge in [0.05, 0.1) is 0 Å². The molecular weight excluding hydrogens is 271 g/mol. The quantitative estimate of drug-likeness (QED) is 0.504. The highest BCUT2D eigenvalue weighted by molar-refractivity contribution is 14.1. The van der Waals surface area contributed by atoms with Gasteiger partial charge in [0.1, 0.15) is 0 Å². The predicted molar refractivity (Wildman–Crippen MR) is 65.8 cm³/mol. The Hall–Kier alpha value is -0.490. The maximum Gasteiger partial charge on any atom is 0.0256 e. The fourth-order valence-electron chi connectivity index (χ4n) is 1.11. The van der Waals surface area contributed by atoms with Crippen LogP contribution >= 0.6 is 22.6 Å². The van der Waals surface area contributed by atoms with Gasteiger partial charge in [-0.2, -0.15) is 0 Å². The molecule has 0 aliphatic heterocycles. The number of benzene rings is 1. The Morgan fingerprint density at radius 2 is 1.85 bits per heavy atom. The lowest BCUT2D eigenvalue weighted by Crippen LogP contribution is -2.11. The second-order valence-electron chi connectivity index (χ2n) is 4.12. The fraction of sp³-hybridized carbons (Fsp3) is 0.333. The zero-order valence-electron chi connectivity index (χ0n) is 8.19. The Balaban J connectivity index is 3.26. The minimum absolute atomic E-state index is 0.173. The average Bonchev–Trinajstić information content (AvgIpc) is 2.01. The molecule has 0 aliphatic carbocycles. The van der Waals surface area contributed by atoms with Crippen molar-refractivity contribution in [1.29, 1.82) is 0 Å². The Kier molecular flexibility index (Phi) is 3.02. The largest absolute Gasteiger partial charge is 0.115 e. The molecule has 1 heteroatoms. The standard InChI is InChI=1S/C12H13I/c1-5-9-6-10(12(2,3)4)8-11(13)7-9/h1,6-8H,2-4H3. The van der Waals surface area contributed by atoms with Crippen molar-refractivity contribution in [3.05, 3.63) is 32.9 Å². The molecule has 0 atom stereocenters. The lowest BCUT2D eigenvalue weighted by molar-refractivity contribution is 0.589. The molecule has 1 aromatic carbocycles. The molecule has 0 aromatic heterocycles. The molecule has 0 amide bonds. The molecule has 1 aromatic rings. The Morgan fingerprint density at radius 3 is 2.31 bits per heavy atom. The number of halogens is 1. The summed E-state index contributed by atoms with van der Waals surface area (Å²) in [5.41, 5.74) is 2.44. The molecule has 1 rings (SSSR count). The molecule has 0 heterocycles. The van der Waals surface area contributed by atoms with Crippen molar-refractivity contribution in [1.82, 2.24) is 0 Å². The summed E-state index contributed by atoms with van der Waals surface area (Å²) in [6.45, 7) is 6.58. The first-order valence-corrected chi connectivity index (χ1v) is 5.29. The SMILES string of the molecule is C#Cc1cc(I)cc(C(C)(C)C)c1. The van der Waals surface area contributed by atoms with Crippen LogP contribution in [0.2, 0.25) is 0 Å². The molecule has 0 unspecified atom stereocenters. The normalized spacial score (nSPS) is 11.0. The molecule has 0 saturated heterocycles. The molecule has 0 saturated carbocycles. The van der Waals surface area contributed by atoms with Crippen LogP contribution in [0.25, 0.3) is 0 Å². The summed E-state index contributed by atoms with van der Waals surface area (Å²) in [4.78, 5) is 0. The van der Waals surface area contributed by atoms with E-state index in [4.69, 9.17) is 6.42 Å². The van der Waals surface area contributed by atoms with E-state index in [-0.39, 0.29) is 5.41 Å². The van der Waals surface area contributed by atoms with E-state index in [1.165, 1.54) is 9.13 Å². The van der Waals surface area contributed by atoms with E-state index in [1.54, 1.807) is 0 Å². The summed E-state index contributed by atoms with van der Waals surface area (Å²) in [6, 6.07) is 6.29. The molecular formula is C12H13I. The third-order valence-electron chi connectivity index (χ3n) is 1.93. The second-order valence-corrected chi connectivity index (χ2v) is 5.37. The Labute approximate surface area is 93.9 Å². The third-order valence-corrected chi connectivity index (χ3v) is 2.55. The fourth-order valence-corrected chi connectivity index (χ4v) is 1.78. The molecule has 0 nitrogen and oxygen atoms in total. The van der Waals surface area contributed by atoms with Crippen molar-refractivity contribution in [2.75, 3.05) is 0 Å². The molecule has 13 heavy (non-hydrogen) atoms. The highest BCUT2D eigenvalue weighted by Gasteiger charge is 2.14. The van der Waals surface area contributed by atoms with Crippen molar-refractivity contribution < 1.29 is 0 Å². The summed E-state index contributed by atoms with van der Waals surface area (Å²) < 4.78 is 1.21. The molecule has 0 radical (unpaired) electrons. The maximum absolute atomic E-state index is 5.38. The lowest BCUT2D eigenvalue weighted by Gasteiger charge is -2.19. The first-order chi connectivity index (χ1) is 5.93. The van der Waals surface area contributed by atoms with Gasteiger partial charge in [-0.25, -0.2) is 0 Å². The van der Waals surface area contributed by atoms with Gasteiger partial charge >= 0.3 is 0 Å². The molecule has 0 N–H and O–H groups in total. The zero-order valence-corrected chi connectivity index (χ0v) is 10.3. The lowest BCUT2D eigenvalue weighted by atomic mass is 9.86. The first-order valence-electron chi connectivity index (χ1n) is 4.21. The van der Waals surface area contributed by atoms with Gasteiger partial charge in [-0.15, -0.1) is 6.42 Å². The summed E-state index contributed by atoms with van der Waals surface area (Å²) >= 11 is 2.30. The monoisotopic (exact) mass is 284 g/mol. The number of hydrogen-bond acceptors (Lipinski definition) is 0. The van der Waals surface area contributed by atoms with Gasteiger partial charge in [-0.05, 0) is 51.8 Å². The van der Waals surface area contributed by atoms with Crippen LogP contribution in [-0.2, 0) is 5.41 Å². The minimum Gasteiger partial charge on any atom is -0.115 e. The van der Waals surface area contributed by atoms with Gasteiger partial charge in [-0.3, -0.25) is 0 Å². The van der Waals surface area contributed by atoms with Crippen LogP contribution in [0.3, 0.4) is 0 Å². The van der Waals surface area contributed by atoms with E-state index in [1.807, 2.05) is 6.07 Å². The van der Waals surface area contributed by atoms with Crippen molar-refractivity contribution in [2.24, 2.45) is 0 Å². The van der Waals surface area contributed by atoms with Gasteiger partial charge in [0, 0.05) is 9.13 Å². The van der Waals surface area contributed by atoms with Crippen LogP contribution in [0.1, 0.15) is 31.9 Å². The van der Waals surface area contributed by atoms with Gasteiger partial charge < -0.3 is 0 Å². The van der Waals surface area contributed by atoms with Gasteiger partial charge in [0.25, 0.3) is 0 Å². The molecule has 0 fully saturated rings. The topological polar surface area (TPSA) is 0 Å². The van der Waals surface area contributed by atoms with Crippen LogP contribution in [0.4, 0.5) is 0 Å². The van der Waals surface area contributed by atoms with Crippen molar-refractivity contribution in [2.45, 2.75) is 26.2 Å². The smallest absolute Gasteiger partial charge is 0.0256 e. The summed E-state index contributed by atoms with van der Waals surface area (Å²) in [6.07, 6.45) is 5.38. The molecule has 68 valence electrons. The molecule has 0 bridgehead atoms. The van der Waals surface area contributed by atoms with E-state index in [0.29, 0.717) is 0 Å². The van der Waals surface area contributed by atoms with Gasteiger partial charge in [0.15, 0.2) is 0 Å². The van der Waals surface area contributed by atoms with Gasteiger partial charge in [0.2, 0.25) is 0 Å². The zero-order chi connectivity index (χ0) is 10.1. The van der Waals surface area contributed by atoms with E-state index in [9.17, 15) is 0 Å². The third kappa shape index (κ3) is 2.73. The van der Waals surface area contributed by atoms with E-state index in [0.717, 1.165) is 5.56 Å². The van der Waals surface area contributed by atoms with Crippen molar-refractivity contribution in [3.63, 3.8) is 0 Å². The minimum atomic E-state index is 0.173. The highest BCUT2D eigenvalue weighted by Crippen LogP contribution is 2.24. The molecule has 0 spiro atoms. The maximum atomic E-state index is 5.38.